The molecule has 0 bridgehead atoms. The summed E-state index contributed by atoms with van der Waals surface area (Å²) in [4.78, 5) is 34.9. The van der Waals surface area contributed by atoms with Gasteiger partial charge >= 0.3 is 5.97 Å². The molecule has 0 spiro atoms. The molecule has 1 amide bonds. The Hall–Kier alpha value is -3.10. The minimum atomic E-state index is -1.16. The second-order valence-corrected chi connectivity index (χ2v) is 7.68. The number of benzene rings is 2. The van der Waals surface area contributed by atoms with Gasteiger partial charge in [0.15, 0.2) is 6.04 Å². The Kier molecular flexibility index (Phi) is 4.89. The fraction of sp³-hybridized carbons (Fsp3) is 0.0500. The van der Waals surface area contributed by atoms with Gasteiger partial charge < -0.3 is 5.11 Å². The van der Waals surface area contributed by atoms with Crippen molar-refractivity contribution in [2.75, 3.05) is 0 Å². The predicted octanol–water partition coefficient (Wildman–Crippen LogP) is 3.66. The molecule has 1 saturated heterocycles. The van der Waals surface area contributed by atoms with Gasteiger partial charge in [0.25, 0.3) is 5.91 Å². The second kappa shape index (κ2) is 7.49. The predicted molar refractivity (Wildman–Crippen MR) is 111 cm³/mol. The number of rotatable bonds is 4. The van der Waals surface area contributed by atoms with Crippen LogP contribution in [0.1, 0.15) is 17.2 Å². The first kappa shape index (κ1) is 18.3. The fourth-order valence-electron chi connectivity index (χ4n) is 2.96. The molecule has 1 aliphatic heterocycles. The van der Waals surface area contributed by atoms with Gasteiger partial charge in [-0.1, -0.05) is 60.4 Å². The van der Waals surface area contributed by atoms with Crippen molar-refractivity contribution < 1.29 is 14.7 Å². The Labute approximate surface area is 169 Å². The van der Waals surface area contributed by atoms with E-state index in [0.717, 1.165) is 27.7 Å². The third-order valence-corrected chi connectivity index (χ3v) is 5.55. The molecule has 1 aliphatic rings. The minimum absolute atomic E-state index is 0.216. The first-order chi connectivity index (χ1) is 13.5. The average molecular weight is 407 g/mol. The van der Waals surface area contributed by atoms with Crippen LogP contribution < -0.4 is 0 Å². The summed E-state index contributed by atoms with van der Waals surface area (Å²) in [5.41, 5.74) is 2.72. The van der Waals surface area contributed by atoms with E-state index in [1.807, 2.05) is 18.2 Å². The van der Waals surface area contributed by atoms with E-state index >= 15 is 0 Å². The molecular formula is C20H13N3O3S2. The van der Waals surface area contributed by atoms with E-state index < -0.39 is 17.9 Å². The number of carbonyl (C=O) groups excluding carboxylic acids is 1. The highest BCUT2D eigenvalue weighted by molar-refractivity contribution is 8.26. The number of hydrogen-bond donors (Lipinski definition) is 1. The van der Waals surface area contributed by atoms with Gasteiger partial charge in [-0.3, -0.25) is 19.7 Å². The number of aromatic nitrogens is 2. The molecule has 2 aromatic carbocycles. The monoisotopic (exact) mass is 407 g/mol. The highest BCUT2D eigenvalue weighted by Gasteiger charge is 2.41. The van der Waals surface area contributed by atoms with Crippen LogP contribution in [0.4, 0.5) is 0 Å². The third-order valence-electron chi connectivity index (χ3n) is 4.22. The maximum atomic E-state index is 13.0. The summed E-state index contributed by atoms with van der Waals surface area (Å²) >= 11 is 6.42. The number of carbonyl (C=O) groups is 2. The Bertz CT molecular complexity index is 1130. The van der Waals surface area contributed by atoms with Crippen molar-refractivity contribution in [3.8, 4) is 0 Å². The number of aliphatic carboxylic acids is 1. The van der Waals surface area contributed by atoms with Gasteiger partial charge in [-0.05, 0) is 29.3 Å². The van der Waals surface area contributed by atoms with E-state index in [0.29, 0.717) is 16.0 Å². The number of carboxylic acid groups (broad SMARTS) is 1. The van der Waals surface area contributed by atoms with Crippen LogP contribution in [0.3, 0.4) is 0 Å². The van der Waals surface area contributed by atoms with Crippen LogP contribution in [0.15, 0.2) is 65.8 Å². The van der Waals surface area contributed by atoms with Crippen LogP contribution in [0.5, 0.6) is 0 Å². The maximum absolute atomic E-state index is 13.0. The minimum Gasteiger partial charge on any atom is -0.479 e. The molecule has 1 N–H and O–H groups in total. The number of thiocarbonyl (C=S) groups is 1. The molecule has 138 valence electrons. The molecule has 0 radical (unpaired) electrons. The van der Waals surface area contributed by atoms with Crippen molar-refractivity contribution in [2.45, 2.75) is 6.04 Å². The molecule has 3 aromatic rings. The topological polar surface area (TPSA) is 83.4 Å². The van der Waals surface area contributed by atoms with Crippen molar-refractivity contribution in [3.63, 3.8) is 0 Å². The highest BCUT2D eigenvalue weighted by atomic mass is 32.2. The van der Waals surface area contributed by atoms with Crippen LogP contribution in [0.25, 0.3) is 17.1 Å². The van der Waals surface area contributed by atoms with Gasteiger partial charge in [0.1, 0.15) is 4.32 Å². The van der Waals surface area contributed by atoms with E-state index in [2.05, 4.69) is 9.97 Å². The molecule has 2 heterocycles. The molecular weight excluding hydrogens is 394 g/mol. The maximum Gasteiger partial charge on any atom is 0.331 e. The summed E-state index contributed by atoms with van der Waals surface area (Å²) in [5, 5.41) is 9.72. The number of thioether (sulfide) groups is 1. The zero-order chi connectivity index (χ0) is 19.7. The van der Waals surface area contributed by atoms with Crippen molar-refractivity contribution >= 4 is 57.3 Å². The van der Waals surface area contributed by atoms with E-state index in [4.69, 9.17) is 12.2 Å². The zero-order valence-electron chi connectivity index (χ0n) is 14.4. The summed E-state index contributed by atoms with van der Waals surface area (Å²) in [6, 6.07) is 12.9. The lowest BCUT2D eigenvalue weighted by atomic mass is 10.1. The van der Waals surface area contributed by atoms with E-state index in [1.165, 1.54) is 0 Å². The number of amides is 1. The molecule has 0 unspecified atom stereocenters. The smallest absolute Gasteiger partial charge is 0.331 e. The average Bonchev–Trinajstić information content (AvgIpc) is 2.96. The molecule has 0 aliphatic carbocycles. The lowest BCUT2D eigenvalue weighted by Gasteiger charge is -2.23. The molecule has 28 heavy (non-hydrogen) atoms. The van der Waals surface area contributed by atoms with Crippen LogP contribution >= 0.6 is 24.0 Å². The summed E-state index contributed by atoms with van der Waals surface area (Å²) in [6.45, 7) is 0. The van der Waals surface area contributed by atoms with Crippen LogP contribution in [0.2, 0.25) is 0 Å². The molecule has 1 aromatic heterocycles. The Balaban J connectivity index is 1.69. The normalized spacial score (nSPS) is 16.7. The van der Waals surface area contributed by atoms with Gasteiger partial charge in [-0.2, -0.15) is 0 Å². The molecule has 1 fully saturated rings. The summed E-state index contributed by atoms with van der Waals surface area (Å²) in [7, 11) is 0. The van der Waals surface area contributed by atoms with Gasteiger partial charge in [0.2, 0.25) is 0 Å². The van der Waals surface area contributed by atoms with Crippen LogP contribution in [0, 0.1) is 0 Å². The van der Waals surface area contributed by atoms with E-state index in [1.54, 1.807) is 48.8 Å². The van der Waals surface area contributed by atoms with Gasteiger partial charge in [0, 0.05) is 12.4 Å². The lowest BCUT2D eigenvalue weighted by molar-refractivity contribution is -0.145. The van der Waals surface area contributed by atoms with Gasteiger partial charge in [0.05, 0.1) is 15.9 Å². The summed E-state index contributed by atoms with van der Waals surface area (Å²) in [5.74, 6) is -1.56. The molecule has 8 heteroatoms. The molecule has 6 nitrogen and oxygen atoms in total. The Morgan fingerprint density at radius 2 is 1.82 bits per heavy atom. The molecule has 1 atom stereocenters. The van der Waals surface area contributed by atoms with Crippen LogP contribution in [-0.4, -0.2) is 36.2 Å². The van der Waals surface area contributed by atoms with Crippen LogP contribution in [-0.2, 0) is 9.59 Å². The lowest BCUT2D eigenvalue weighted by Crippen LogP contribution is -2.37. The quantitative estimate of drug-likeness (QED) is 0.522. The molecule has 0 saturated carbocycles. The van der Waals surface area contributed by atoms with Crippen molar-refractivity contribution in [1.82, 2.24) is 14.9 Å². The number of carboxylic acids is 1. The van der Waals surface area contributed by atoms with Crippen molar-refractivity contribution in [2.24, 2.45) is 0 Å². The van der Waals surface area contributed by atoms with Crippen molar-refractivity contribution in [1.29, 1.82) is 0 Å². The first-order valence-electron chi connectivity index (χ1n) is 8.30. The number of nitrogens with zero attached hydrogens (tertiary/aromatic N) is 3. The summed E-state index contributed by atoms with van der Waals surface area (Å²) in [6.07, 6.45) is 4.91. The van der Waals surface area contributed by atoms with Crippen molar-refractivity contribution in [3.05, 3.63) is 77.0 Å². The highest BCUT2D eigenvalue weighted by Crippen LogP contribution is 2.38. The fourth-order valence-corrected chi connectivity index (χ4v) is 4.27. The summed E-state index contributed by atoms with van der Waals surface area (Å²) < 4.78 is 0.216. The Morgan fingerprint density at radius 3 is 2.54 bits per heavy atom. The standard InChI is InChI=1S/C20H13N3O3S2/c24-18-16(11-12-6-7-14-15(10-12)22-9-8-21-14)28-20(27)23(18)17(19(25)26)13-4-2-1-3-5-13/h1-11,17H,(H,25,26)/b16-11-/t17-/m0/s1. The largest absolute Gasteiger partial charge is 0.479 e. The number of hydrogen-bond acceptors (Lipinski definition) is 6. The number of fused-ring (bicyclic) bond motifs is 1. The second-order valence-electron chi connectivity index (χ2n) is 6.01. The first-order valence-corrected chi connectivity index (χ1v) is 9.52. The van der Waals surface area contributed by atoms with E-state index in [-0.39, 0.29) is 4.32 Å². The third kappa shape index (κ3) is 3.39. The molecule has 4 rings (SSSR count). The Morgan fingerprint density at radius 1 is 1.11 bits per heavy atom. The SMILES string of the molecule is O=C(O)[C@H](c1ccccc1)N1C(=O)/C(=C/c2ccc3nccnc3c2)SC1=S. The van der Waals surface area contributed by atoms with Gasteiger partial charge in [-0.15, -0.1) is 0 Å². The zero-order valence-corrected chi connectivity index (χ0v) is 16.0. The van der Waals surface area contributed by atoms with E-state index in [9.17, 15) is 14.7 Å². The van der Waals surface area contributed by atoms with Gasteiger partial charge in [-0.25, -0.2) is 4.79 Å².